The van der Waals surface area contributed by atoms with Gasteiger partial charge in [-0.25, -0.2) is 13.1 Å². The fourth-order valence-electron chi connectivity index (χ4n) is 2.14. The van der Waals surface area contributed by atoms with E-state index in [4.69, 9.17) is 10.8 Å². The van der Waals surface area contributed by atoms with Crippen molar-refractivity contribution in [3.63, 3.8) is 0 Å². The van der Waals surface area contributed by atoms with Gasteiger partial charge in [0.25, 0.3) is 0 Å². The molecule has 0 aromatic heterocycles. The highest BCUT2D eigenvalue weighted by Crippen LogP contribution is 2.48. The van der Waals surface area contributed by atoms with Crippen molar-refractivity contribution in [1.82, 2.24) is 4.72 Å². The smallest absolute Gasteiger partial charge is 0.212 e. The van der Waals surface area contributed by atoms with E-state index < -0.39 is 10.0 Å². The maximum Gasteiger partial charge on any atom is 0.212 e. The third-order valence-corrected chi connectivity index (χ3v) is 6.32. The molecule has 0 atom stereocenters. The predicted molar refractivity (Wildman–Crippen MR) is 86.7 cm³/mol. The number of anilines is 1. The molecule has 1 aromatic rings. The van der Waals surface area contributed by atoms with Gasteiger partial charge in [-0.1, -0.05) is 6.07 Å². The van der Waals surface area contributed by atoms with Crippen LogP contribution in [0.1, 0.15) is 19.3 Å². The number of hydrogen-bond donors (Lipinski definition) is 3. The number of nitrogens with one attached hydrogen (secondary N) is 1. The van der Waals surface area contributed by atoms with Crippen molar-refractivity contribution in [3.8, 4) is 0 Å². The molecule has 0 bridgehead atoms. The van der Waals surface area contributed by atoms with Crippen LogP contribution < -0.4 is 10.5 Å². The van der Waals surface area contributed by atoms with E-state index in [9.17, 15) is 8.42 Å². The van der Waals surface area contributed by atoms with Crippen molar-refractivity contribution >= 4 is 27.5 Å². The van der Waals surface area contributed by atoms with Crippen molar-refractivity contribution in [2.75, 3.05) is 30.4 Å². The van der Waals surface area contributed by atoms with E-state index in [1.165, 1.54) is 11.8 Å². The molecule has 5 nitrogen and oxygen atoms in total. The van der Waals surface area contributed by atoms with Crippen LogP contribution in [0.2, 0.25) is 0 Å². The first-order valence-electron chi connectivity index (χ1n) is 7.01. The van der Waals surface area contributed by atoms with Crippen molar-refractivity contribution in [3.05, 3.63) is 24.3 Å². The summed E-state index contributed by atoms with van der Waals surface area (Å²) in [5.74, 6) is 0.577. The summed E-state index contributed by atoms with van der Waals surface area (Å²) in [5.41, 5.74) is 6.37. The first-order valence-corrected chi connectivity index (χ1v) is 9.65. The number of aliphatic hydroxyl groups is 1. The quantitative estimate of drug-likeness (QED) is 0.471. The van der Waals surface area contributed by atoms with E-state index >= 15 is 0 Å². The summed E-state index contributed by atoms with van der Waals surface area (Å²) in [6.07, 6.45) is 2.66. The number of hydrogen-bond acceptors (Lipinski definition) is 5. The standard InChI is InChI=1S/C14H22N2O3S2/c15-12-2-1-3-13(10-12)20-8-9-21(18,19)16-11-14(4-5-14)6-7-17/h1-3,10,16-17H,4-9,11,15H2. The number of nitrogen functional groups attached to an aromatic ring is 1. The van der Waals surface area contributed by atoms with Gasteiger partial charge in [-0.2, -0.15) is 0 Å². The molecular formula is C14H22N2O3S2. The molecule has 0 unspecified atom stereocenters. The molecule has 0 saturated heterocycles. The maximum absolute atomic E-state index is 12.0. The van der Waals surface area contributed by atoms with Gasteiger partial charge in [0.2, 0.25) is 10.0 Å². The zero-order valence-electron chi connectivity index (χ0n) is 11.9. The van der Waals surface area contributed by atoms with Crippen LogP contribution in [-0.4, -0.2) is 38.2 Å². The molecule has 1 fully saturated rings. The third-order valence-electron chi connectivity index (χ3n) is 3.75. The van der Waals surface area contributed by atoms with Crippen molar-refractivity contribution in [2.45, 2.75) is 24.2 Å². The normalized spacial score (nSPS) is 16.8. The average Bonchev–Trinajstić information content (AvgIpc) is 3.18. The first kappa shape index (κ1) is 16.6. The Kier molecular flexibility index (Phi) is 5.54. The molecule has 118 valence electrons. The Morgan fingerprint density at radius 1 is 1.38 bits per heavy atom. The molecule has 0 spiro atoms. The Balaban J connectivity index is 1.74. The molecule has 7 heteroatoms. The fraction of sp³-hybridized carbons (Fsp3) is 0.571. The lowest BCUT2D eigenvalue weighted by Crippen LogP contribution is -2.33. The fourth-order valence-corrected chi connectivity index (χ4v) is 4.65. The number of thioether (sulfide) groups is 1. The van der Waals surface area contributed by atoms with Crippen LogP contribution in [0.5, 0.6) is 0 Å². The second-order valence-corrected chi connectivity index (χ2v) is 8.63. The molecule has 0 amide bonds. The Morgan fingerprint density at radius 2 is 2.14 bits per heavy atom. The van der Waals surface area contributed by atoms with Crippen LogP contribution >= 0.6 is 11.8 Å². The molecule has 2 rings (SSSR count). The number of sulfonamides is 1. The zero-order valence-corrected chi connectivity index (χ0v) is 13.5. The summed E-state index contributed by atoms with van der Waals surface area (Å²) in [4.78, 5) is 0.976. The van der Waals surface area contributed by atoms with Crippen LogP contribution in [0.4, 0.5) is 5.69 Å². The SMILES string of the molecule is Nc1cccc(SCCS(=O)(=O)NCC2(CCO)CC2)c1. The summed E-state index contributed by atoms with van der Waals surface area (Å²) >= 11 is 1.48. The van der Waals surface area contributed by atoms with E-state index in [1.54, 1.807) is 6.07 Å². The Bertz CT molecular complexity index is 571. The van der Waals surface area contributed by atoms with E-state index in [2.05, 4.69) is 4.72 Å². The Hall–Kier alpha value is -0.760. The topological polar surface area (TPSA) is 92.4 Å². The van der Waals surface area contributed by atoms with E-state index in [-0.39, 0.29) is 17.8 Å². The predicted octanol–water partition coefficient (Wildman–Crippen LogP) is 1.44. The van der Waals surface area contributed by atoms with Gasteiger partial charge in [0.05, 0.1) is 5.75 Å². The molecule has 4 N–H and O–H groups in total. The molecule has 0 heterocycles. The van der Waals surface area contributed by atoms with Gasteiger partial charge in [0.1, 0.15) is 0 Å². The average molecular weight is 330 g/mol. The van der Waals surface area contributed by atoms with E-state index in [0.717, 1.165) is 17.7 Å². The molecule has 1 saturated carbocycles. The molecular weight excluding hydrogens is 308 g/mol. The minimum Gasteiger partial charge on any atom is -0.399 e. The summed E-state index contributed by atoms with van der Waals surface area (Å²) in [7, 11) is -3.26. The second-order valence-electron chi connectivity index (χ2n) is 5.53. The Labute approximate surface area is 130 Å². The number of rotatable bonds is 9. The van der Waals surface area contributed by atoms with Crippen LogP contribution in [-0.2, 0) is 10.0 Å². The minimum absolute atomic E-state index is 0.00282. The van der Waals surface area contributed by atoms with E-state index in [0.29, 0.717) is 24.4 Å². The summed E-state index contributed by atoms with van der Waals surface area (Å²) in [5, 5.41) is 8.97. The molecule has 21 heavy (non-hydrogen) atoms. The van der Waals surface area contributed by atoms with Gasteiger partial charge in [-0.3, -0.25) is 0 Å². The summed E-state index contributed by atoms with van der Waals surface area (Å²) in [6.45, 7) is 0.561. The molecule has 1 aliphatic carbocycles. The molecule has 0 aliphatic heterocycles. The molecule has 1 aromatic carbocycles. The van der Waals surface area contributed by atoms with Gasteiger partial charge in [0.15, 0.2) is 0 Å². The second kappa shape index (κ2) is 7.00. The Morgan fingerprint density at radius 3 is 2.76 bits per heavy atom. The molecule has 1 aliphatic rings. The molecule has 0 radical (unpaired) electrons. The first-order chi connectivity index (χ1) is 9.95. The van der Waals surface area contributed by atoms with Gasteiger partial charge >= 0.3 is 0 Å². The number of benzene rings is 1. The van der Waals surface area contributed by atoms with Crippen LogP contribution in [0, 0.1) is 5.41 Å². The lowest BCUT2D eigenvalue weighted by Gasteiger charge is -2.14. The maximum atomic E-state index is 12.0. The monoisotopic (exact) mass is 330 g/mol. The van der Waals surface area contributed by atoms with Crippen LogP contribution in [0.3, 0.4) is 0 Å². The van der Waals surface area contributed by atoms with Crippen molar-refractivity contribution in [1.29, 1.82) is 0 Å². The van der Waals surface area contributed by atoms with Gasteiger partial charge in [0, 0.05) is 29.5 Å². The van der Waals surface area contributed by atoms with Crippen LogP contribution in [0.15, 0.2) is 29.2 Å². The van der Waals surface area contributed by atoms with Gasteiger partial charge in [-0.15, -0.1) is 11.8 Å². The third kappa shape index (κ3) is 5.50. The highest BCUT2D eigenvalue weighted by Gasteiger charge is 2.42. The van der Waals surface area contributed by atoms with Crippen molar-refractivity contribution < 1.29 is 13.5 Å². The van der Waals surface area contributed by atoms with Gasteiger partial charge in [-0.05, 0) is 42.9 Å². The number of nitrogens with two attached hydrogens (primary N) is 1. The highest BCUT2D eigenvalue weighted by atomic mass is 32.2. The minimum atomic E-state index is -3.26. The summed E-state index contributed by atoms with van der Waals surface area (Å²) in [6, 6.07) is 7.42. The lowest BCUT2D eigenvalue weighted by atomic mass is 10.0. The summed E-state index contributed by atoms with van der Waals surface area (Å²) < 4.78 is 26.6. The zero-order chi connectivity index (χ0) is 15.3. The number of aliphatic hydroxyl groups excluding tert-OH is 1. The van der Waals surface area contributed by atoms with E-state index in [1.807, 2.05) is 18.2 Å². The lowest BCUT2D eigenvalue weighted by molar-refractivity contribution is 0.249. The highest BCUT2D eigenvalue weighted by molar-refractivity contribution is 8.00. The largest absolute Gasteiger partial charge is 0.399 e. The van der Waals surface area contributed by atoms with Crippen molar-refractivity contribution in [2.24, 2.45) is 5.41 Å². The van der Waals surface area contributed by atoms with Crippen LogP contribution in [0.25, 0.3) is 0 Å². The van der Waals surface area contributed by atoms with Gasteiger partial charge < -0.3 is 10.8 Å².